The third-order valence-corrected chi connectivity index (χ3v) is 5.05. The highest BCUT2D eigenvalue weighted by Crippen LogP contribution is 2.45. The first-order valence-corrected chi connectivity index (χ1v) is 7.61. The van der Waals surface area contributed by atoms with Gasteiger partial charge in [0.15, 0.2) is 0 Å². The lowest BCUT2D eigenvalue weighted by Crippen LogP contribution is -2.41. The molecule has 0 aromatic carbocycles. The summed E-state index contributed by atoms with van der Waals surface area (Å²) in [6.45, 7) is 1.63. The van der Waals surface area contributed by atoms with Gasteiger partial charge < -0.3 is 10.6 Å². The van der Waals surface area contributed by atoms with Crippen molar-refractivity contribution in [1.29, 1.82) is 0 Å². The summed E-state index contributed by atoms with van der Waals surface area (Å²) in [5.74, 6) is 0.320. The Morgan fingerprint density at radius 2 is 1.81 bits per heavy atom. The van der Waals surface area contributed by atoms with E-state index < -0.39 is 4.92 Å². The van der Waals surface area contributed by atoms with E-state index >= 15 is 0 Å². The van der Waals surface area contributed by atoms with Gasteiger partial charge in [0.25, 0.3) is 0 Å². The molecule has 7 heteroatoms. The van der Waals surface area contributed by atoms with E-state index in [2.05, 4.69) is 9.97 Å². The summed E-state index contributed by atoms with van der Waals surface area (Å²) in [5.41, 5.74) is 5.95. The summed E-state index contributed by atoms with van der Waals surface area (Å²) in [7, 11) is 0. The van der Waals surface area contributed by atoms with Crippen molar-refractivity contribution in [3.8, 4) is 0 Å². The number of hydrogen-bond acceptors (Lipinski definition) is 6. The SMILES string of the molecule is Nc1ncnc(N2CCC3(CCCCC3)CC2)c1[N+](=O)[O-]. The van der Waals surface area contributed by atoms with E-state index in [1.807, 2.05) is 4.90 Å². The van der Waals surface area contributed by atoms with Crippen LogP contribution in [-0.2, 0) is 0 Å². The molecule has 0 bridgehead atoms. The lowest BCUT2D eigenvalue weighted by Gasteiger charge is -2.44. The summed E-state index contributed by atoms with van der Waals surface area (Å²) in [6, 6.07) is 0. The Morgan fingerprint density at radius 3 is 2.43 bits per heavy atom. The zero-order chi connectivity index (χ0) is 14.9. The molecule has 0 radical (unpaired) electrons. The van der Waals surface area contributed by atoms with Crippen LogP contribution in [0.2, 0.25) is 0 Å². The predicted octanol–water partition coefficient (Wildman–Crippen LogP) is 2.52. The van der Waals surface area contributed by atoms with Gasteiger partial charge in [-0.3, -0.25) is 10.1 Å². The minimum atomic E-state index is -0.477. The van der Waals surface area contributed by atoms with Crippen LogP contribution in [0.4, 0.5) is 17.3 Å². The number of nitro groups is 1. The molecule has 1 aromatic heterocycles. The average Bonchev–Trinajstić information content (AvgIpc) is 2.48. The maximum atomic E-state index is 11.2. The van der Waals surface area contributed by atoms with Crippen LogP contribution in [-0.4, -0.2) is 28.0 Å². The Hall–Kier alpha value is -1.92. The van der Waals surface area contributed by atoms with Crippen molar-refractivity contribution in [3.63, 3.8) is 0 Å². The fraction of sp³-hybridized carbons (Fsp3) is 0.714. The molecule has 0 atom stereocenters. The normalized spacial score (nSPS) is 21.4. The van der Waals surface area contributed by atoms with Crippen molar-refractivity contribution < 1.29 is 4.92 Å². The smallest absolute Gasteiger partial charge is 0.353 e. The summed E-state index contributed by atoms with van der Waals surface area (Å²) in [5, 5.41) is 11.2. The Morgan fingerprint density at radius 1 is 1.14 bits per heavy atom. The topological polar surface area (TPSA) is 98.2 Å². The van der Waals surface area contributed by atoms with Crippen LogP contribution >= 0.6 is 0 Å². The number of nitrogen functional groups attached to an aromatic ring is 1. The highest BCUT2D eigenvalue weighted by atomic mass is 16.6. The maximum absolute atomic E-state index is 11.2. The fourth-order valence-electron chi connectivity index (χ4n) is 3.78. The molecule has 7 nitrogen and oxygen atoms in total. The van der Waals surface area contributed by atoms with Crippen LogP contribution < -0.4 is 10.6 Å². The van der Waals surface area contributed by atoms with E-state index in [1.54, 1.807) is 0 Å². The third kappa shape index (κ3) is 2.64. The Balaban J connectivity index is 1.78. The molecule has 2 fully saturated rings. The van der Waals surface area contributed by atoms with E-state index in [9.17, 15) is 10.1 Å². The zero-order valence-corrected chi connectivity index (χ0v) is 12.1. The largest absolute Gasteiger partial charge is 0.378 e. The van der Waals surface area contributed by atoms with Crippen LogP contribution in [0, 0.1) is 15.5 Å². The fourth-order valence-corrected chi connectivity index (χ4v) is 3.78. The first-order valence-electron chi connectivity index (χ1n) is 7.61. The summed E-state index contributed by atoms with van der Waals surface area (Å²) in [6.07, 6.45) is 10.1. The van der Waals surface area contributed by atoms with Gasteiger partial charge >= 0.3 is 5.69 Å². The van der Waals surface area contributed by atoms with E-state index in [-0.39, 0.29) is 11.5 Å². The molecule has 114 valence electrons. The molecule has 0 amide bonds. The van der Waals surface area contributed by atoms with Gasteiger partial charge in [0, 0.05) is 13.1 Å². The van der Waals surface area contributed by atoms with Crippen LogP contribution in [0.15, 0.2) is 6.33 Å². The number of rotatable bonds is 2. The molecular weight excluding hydrogens is 270 g/mol. The number of nitrogens with zero attached hydrogens (tertiary/aromatic N) is 4. The van der Waals surface area contributed by atoms with Crippen molar-refractivity contribution >= 4 is 17.3 Å². The molecule has 21 heavy (non-hydrogen) atoms. The number of aromatic nitrogens is 2. The third-order valence-electron chi connectivity index (χ3n) is 5.05. The van der Waals surface area contributed by atoms with Crippen molar-refractivity contribution in [2.45, 2.75) is 44.9 Å². The maximum Gasteiger partial charge on any atom is 0.353 e. The lowest BCUT2D eigenvalue weighted by atomic mass is 9.68. The van der Waals surface area contributed by atoms with Gasteiger partial charge in [0.05, 0.1) is 4.92 Å². The standard InChI is InChI=1S/C14H21N5O2/c15-12-11(19(20)21)13(17-10-16-12)18-8-6-14(7-9-18)4-2-1-3-5-14/h10H,1-9H2,(H2,15,16,17). The van der Waals surface area contributed by atoms with Gasteiger partial charge in [-0.15, -0.1) is 0 Å². The molecule has 1 aliphatic heterocycles. The van der Waals surface area contributed by atoms with Crippen LogP contribution in [0.25, 0.3) is 0 Å². The van der Waals surface area contributed by atoms with Gasteiger partial charge in [-0.2, -0.15) is 0 Å². The highest BCUT2D eigenvalue weighted by Gasteiger charge is 2.37. The van der Waals surface area contributed by atoms with Crippen molar-refractivity contribution in [3.05, 3.63) is 16.4 Å². The van der Waals surface area contributed by atoms with E-state index in [0.717, 1.165) is 25.9 Å². The quantitative estimate of drug-likeness (QED) is 0.664. The molecule has 2 heterocycles. The average molecular weight is 291 g/mol. The van der Waals surface area contributed by atoms with Crippen LogP contribution in [0.3, 0.4) is 0 Å². The summed E-state index contributed by atoms with van der Waals surface area (Å²) < 4.78 is 0. The molecule has 1 saturated heterocycles. The van der Waals surface area contributed by atoms with Gasteiger partial charge in [0.1, 0.15) is 6.33 Å². The molecule has 1 spiro atoms. The van der Waals surface area contributed by atoms with Gasteiger partial charge in [0.2, 0.25) is 11.6 Å². The minimum Gasteiger partial charge on any atom is -0.378 e. The number of piperidine rings is 1. The summed E-state index contributed by atoms with van der Waals surface area (Å²) in [4.78, 5) is 20.6. The van der Waals surface area contributed by atoms with E-state index in [4.69, 9.17) is 5.73 Å². The van der Waals surface area contributed by atoms with Gasteiger partial charge in [-0.1, -0.05) is 19.3 Å². The minimum absolute atomic E-state index is 0.0528. The second kappa shape index (κ2) is 5.46. The second-order valence-corrected chi connectivity index (χ2v) is 6.24. The molecule has 1 aliphatic carbocycles. The molecule has 0 unspecified atom stereocenters. The molecule has 1 aromatic rings. The van der Waals surface area contributed by atoms with Crippen molar-refractivity contribution in [1.82, 2.24) is 9.97 Å². The number of hydrogen-bond donors (Lipinski definition) is 1. The first kappa shape index (κ1) is 14.0. The van der Waals surface area contributed by atoms with E-state index in [0.29, 0.717) is 11.2 Å². The molecule has 3 rings (SSSR count). The van der Waals surface area contributed by atoms with Crippen LogP contribution in [0.1, 0.15) is 44.9 Å². The van der Waals surface area contributed by atoms with E-state index in [1.165, 1.54) is 38.4 Å². The molecule has 1 saturated carbocycles. The molecular formula is C14H21N5O2. The number of anilines is 2. The monoisotopic (exact) mass is 291 g/mol. The zero-order valence-electron chi connectivity index (χ0n) is 12.1. The second-order valence-electron chi connectivity index (χ2n) is 6.24. The Bertz CT molecular complexity index is 532. The number of nitrogens with two attached hydrogens (primary N) is 1. The van der Waals surface area contributed by atoms with Crippen LogP contribution in [0.5, 0.6) is 0 Å². The first-order chi connectivity index (χ1) is 10.1. The summed E-state index contributed by atoms with van der Waals surface area (Å²) >= 11 is 0. The van der Waals surface area contributed by atoms with Crippen molar-refractivity contribution in [2.75, 3.05) is 23.7 Å². The van der Waals surface area contributed by atoms with Crippen molar-refractivity contribution in [2.24, 2.45) is 5.41 Å². The molecule has 2 N–H and O–H groups in total. The highest BCUT2D eigenvalue weighted by molar-refractivity contribution is 5.68. The Labute approximate surface area is 123 Å². The van der Waals surface area contributed by atoms with Gasteiger partial charge in [-0.05, 0) is 31.1 Å². The predicted molar refractivity (Wildman–Crippen MR) is 80.1 cm³/mol. The Kier molecular flexibility index (Phi) is 3.65. The van der Waals surface area contributed by atoms with Gasteiger partial charge in [-0.25, -0.2) is 9.97 Å². The lowest BCUT2D eigenvalue weighted by molar-refractivity contribution is -0.383. The molecule has 2 aliphatic rings.